The van der Waals surface area contributed by atoms with Crippen LogP contribution in [0, 0.1) is 0 Å². The van der Waals surface area contributed by atoms with Crippen LogP contribution in [0.2, 0.25) is 25.7 Å². The van der Waals surface area contributed by atoms with Crippen LogP contribution in [0.25, 0.3) is 0 Å². The van der Waals surface area contributed by atoms with Crippen LogP contribution in [0.4, 0.5) is 23.3 Å². The lowest BCUT2D eigenvalue weighted by atomic mass is 9.99. The Hall–Kier alpha value is -4.95. The number of halogens is 1. The molecule has 69 heavy (non-hydrogen) atoms. The number of H-pyrrole nitrogens is 1. The van der Waals surface area contributed by atoms with E-state index in [0.717, 1.165) is 113 Å². The van der Waals surface area contributed by atoms with Gasteiger partial charge in [0.25, 0.3) is 29.4 Å². The summed E-state index contributed by atoms with van der Waals surface area (Å²) in [4.78, 5) is 8.43. The smallest absolute Gasteiger partial charge is 0.298 e. The Balaban J connectivity index is 0.000000158. The van der Waals surface area contributed by atoms with Crippen molar-refractivity contribution in [2.24, 2.45) is 5.73 Å². The van der Waals surface area contributed by atoms with Gasteiger partial charge in [-0.15, -0.1) is 10.2 Å². The van der Waals surface area contributed by atoms with E-state index in [1.54, 1.807) is 0 Å². The molecule has 6 aromatic rings. The third-order valence-electron chi connectivity index (χ3n) is 13.0. The number of sulfonamides is 1. The van der Waals surface area contributed by atoms with Crippen molar-refractivity contribution >= 4 is 61.1 Å². The van der Waals surface area contributed by atoms with Gasteiger partial charge in [0.05, 0.1) is 0 Å². The van der Waals surface area contributed by atoms with Gasteiger partial charge in [0.1, 0.15) is 6.73 Å². The number of nitrogens with one attached hydrogen (secondary N) is 4. The third kappa shape index (κ3) is 13.1. The zero-order chi connectivity index (χ0) is 48.6. The van der Waals surface area contributed by atoms with E-state index in [1.165, 1.54) is 54.8 Å². The number of hydrogen-bond donors (Lipinski definition) is 5. The predicted molar refractivity (Wildman–Crippen MR) is 276 cm³/mol. The maximum atomic E-state index is 12.6. The fraction of sp³-hybridized carbons (Fsp3) is 0.440. The number of rotatable bonds is 17. The van der Waals surface area contributed by atoms with Gasteiger partial charge in [0.2, 0.25) is 11.9 Å². The van der Waals surface area contributed by atoms with E-state index in [1.807, 2.05) is 48.5 Å². The molecule has 0 saturated carbocycles. The number of nitrogens with zero attached hydrogens (tertiary/aromatic N) is 5. The Kier molecular flexibility index (Phi) is 16.4. The molecule has 0 atom stereocenters. The van der Waals surface area contributed by atoms with Gasteiger partial charge in [-0.1, -0.05) is 92.4 Å². The highest BCUT2D eigenvalue weighted by Crippen LogP contribution is 2.41. The largest absolute Gasteiger partial charge is 0.359 e. The zero-order valence-corrected chi connectivity index (χ0v) is 43.3. The van der Waals surface area contributed by atoms with E-state index in [9.17, 15) is 16.8 Å². The van der Waals surface area contributed by atoms with E-state index >= 15 is 0 Å². The molecule has 0 fully saturated rings. The molecule has 4 aliphatic carbocycles. The highest BCUT2D eigenvalue weighted by molar-refractivity contribution is 8.13. The lowest BCUT2D eigenvalue weighted by Gasteiger charge is -2.18. The van der Waals surface area contributed by atoms with E-state index in [4.69, 9.17) is 21.2 Å². The lowest BCUT2D eigenvalue weighted by molar-refractivity contribution is 0.0792. The number of aryl methyl sites for hydroxylation is 4. The van der Waals surface area contributed by atoms with Crippen LogP contribution in [0.1, 0.15) is 81.3 Å². The minimum atomic E-state index is -4.03. The molecule has 15 nitrogen and oxygen atoms in total. The molecule has 0 radical (unpaired) electrons. The summed E-state index contributed by atoms with van der Waals surface area (Å²) < 4.78 is 58.7. The Morgan fingerprint density at radius 3 is 1.71 bits per heavy atom. The molecule has 0 saturated heterocycles. The van der Waals surface area contributed by atoms with Gasteiger partial charge in [-0.2, -0.15) is 9.97 Å². The molecule has 2 aromatic heterocycles. The van der Waals surface area contributed by atoms with Gasteiger partial charge in [-0.25, -0.2) is 31.3 Å². The van der Waals surface area contributed by atoms with E-state index in [0.29, 0.717) is 31.5 Å². The molecule has 368 valence electrons. The minimum Gasteiger partial charge on any atom is -0.359 e. The number of anilines is 4. The summed E-state index contributed by atoms with van der Waals surface area (Å²) in [5, 5.41) is 17.0. The SMILES string of the molecule is C[Si](C)(C)CCOCn1nc(S(=O)(=O)Cl)nc1Nc1c2c(cc3c1CCC3)CCC2.NCCc1ccccc1.O=S(=O)(NCCc1ccccc1)c1nc(Nc2c3c(cc4c2CCC4)CCC3)n[nH]1. The highest BCUT2D eigenvalue weighted by Gasteiger charge is 2.28. The van der Waals surface area contributed by atoms with Crippen molar-refractivity contribution in [1.29, 1.82) is 0 Å². The van der Waals surface area contributed by atoms with Crippen molar-refractivity contribution in [3.8, 4) is 0 Å². The first-order valence-corrected chi connectivity index (χ1v) is 31.7. The first-order chi connectivity index (χ1) is 33.1. The number of aromatic amines is 1. The summed E-state index contributed by atoms with van der Waals surface area (Å²) in [7, 11) is -3.47. The highest BCUT2D eigenvalue weighted by atomic mass is 35.7. The summed E-state index contributed by atoms with van der Waals surface area (Å²) >= 11 is 0. The Labute approximate surface area is 412 Å². The Morgan fingerprint density at radius 2 is 1.22 bits per heavy atom. The minimum absolute atomic E-state index is 0.128. The molecule has 4 aromatic carbocycles. The average molecular weight is 1010 g/mol. The maximum absolute atomic E-state index is 12.6. The average Bonchev–Trinajstić information content (AvgIpc) is 4.18. The van der Waals surface area contributed by atoms with Crippen LogP contribution in [-0.4, -0.2) is 74.6 Å². The van der Waals surface area contributed by atoms with Crippen LogP contribution in [0.3, 0.4) is 0 Å². The van der Waals surface area contributed by atoms with Gasteiger partial charge < -0.3 is 21.1 Å². The molecule has 0 amide bonds. The fourth-order valence-corrected chi connectivity index (χ4v) is 11.8. The molecule has 2 heterocycles. The van der Waals surface area contributed by atoms with Crippen molar-refractivity contribution in [2.45, 2.75) is 133 Å². The molecule has 0 spiro atoms. The van der Waals surface area contributed by atoms with Gasteiger partial charge >= 0.3 is 0 Å². The quantitative estimate of drug-likeness (QED) is 0.0331. The van der Waals surface area contributed by atoms with E-state index in [2.05, 4.69) is 84.5 Å². The van der Waals surface area contributed by atoms with Gasteiger partial charge in [0, 0.05) is 43.3 Å². The van der Waals surface area contributed by atoms with Crippen LogP contribution >= 0.6 is 10.7 Å². The lowest BCUT2D eigenvalue weighted by Crippen LogP contribution is -2.27. The molecular formula is C50H65ClN10O5S2Si. The number of benzene rings is 4. The second-order valence-corrected chi connectivity index (χ2v) is 29.1. The molecular weight excluding hydrogens is 948 g/mol. The van der Waals surface area contributed by atoms with Crippen molar-refractivity contribution in [3.63, 3.8) is 0 Å². The number of nitrogens with two attached hydrogens (primary N) is 1. The van der Waals surface area contributed by atoms with Gasteiger partial charge in [-0.3, -0.25) is 0 Å². The normalized spacial score (nSPS) is 14.8. The molecule has 10 rings (SSSR count). The molecule has 0 unspecified atom stereocenters. The van der Waals surface area contributed by atoms with E-state index < -0.39 is 32.3 Å². The standard InChI is InChI=1S/C22H25N5O2S.C20H29ClN4O3SSi.C8H11N/c28-30(29,23-13-12-15-6-2-1-3-7-15)22-25-21(26-27-22)24-20-18-10-4-8-16(18)14-17-9-5-11-19(17)20;1-30(2,3)11-10-28-13-25-19(23-20(24-25)29(21,26)27)22-18-16-8-4-6-14(16)12-15-7-5-9-17(15)18;9-7-6-8-4-2-1-3-5-8/h1-3,6-7,14,23H,4-5,8-13H2,(H2,24,25,26,27);12H,4-11,13H2,1-3H3,(H,22,23,24);1-5H,6-7,9H2. The second-order valence-electron chi connectivity index (χ2n) is 19.3. The number of hydrogen-bond acceptors (Lipinski definition) is 12. The first-order valence-electron chi connectivity index (χ1n) is 24.2. The predicted octanol–water partition coefficient (Wildman–Crippen LogP) is 8.47. The van der Waals surface area contributed by atoms with Crippen LogP contribution in [0.15, 0.2) is 83.1 Å². The second kappa shape index (κ2) is 22.4. The maximum Gasteiger partial charge on any atom is 0.298 e. The summed E-state index contributed by atoms with van der Waals surface area (Å²) in [5.41, 5.74) is 20.8. The Bertz CT molecular complexity index is 2880. The van der Waals surface area contributed by atoms with Gasteiger partial charge in [0.15, 0.2) is 0 Å². The fourth-order valence-electron chi connectivity index (χ4n) is 9.57. The summed E-state index contributed by atoms with van der Waals surface area (Å²) in [6, 6.07) is 25.8. The first kappa shape index (κ1) is 50.4. The van der Waals surface area contributed by atoms with E-state index in [-0.39, 0.29) is 11.9 Å². The molecule has 6 N–H and O–H groups in total. The third-order valence-corrected chi connectivity index (χ3v) is 17.0. The van der Waals surface area contributed by atoms with Crippen molar-refractivity contribution < 1.29 is 21.6 Å². The zero-order valence-electron chi connectivity index (χ0n) is 39.9. The van der Waals surface area contributed by atoms with Crippen LogP contribution in [-0.2, 0) is 94.8 Å². The van der Waals surface area contributed by atoms with Crippen molar-refractivity contribution in [3.05, 3.63) is 128 Å². The summed E-state index contributed by atoms with van der Waals surface area (Å²) in [5.74, 6) is 0.657. The van der Waals surface area contributed by atoms with Crippen molar-refractivity contribution in [2.75, 3.05) is 30.3 Å². The van der Waals surface area contributed by atoms with Crippen molar-refractivity contribution in [1.82, 2.24) is 34.7 Å². The number of aromatic nitrogens is 6. The topological polar surface area (TPSA) is 212 Å². The number of fused-ring (bicyclic) bond motifs is 4. The molecule has 0 bridgehead atoms. The monoisotopic (exact) mass is 1010 g/mol. The van der Waals surface area contributed by atoms with Gasteiger partial charge in [-0.05, 0) is 158 Å². The summed E-state index contributed by atoms with van der Waals surface area (Å²) in [6.45, 7) is 8.63. The summed E-state index contributed by atoms with van der Waals surface area (Å²) in [6.07, 6.45) is 14.7. The Morgan fingerprint density at radius 1 is 0.710 bits per heavy atom. The molecule has 0 aliphatic heterocycles. The number of ether oxygens (including phenoxy) is 1. The van der Waals surface area contributed by atoms with Crippen LogP contribution in [0.5, 0.6) is 0 Å². The van der Waals surface area contributed by atoms with Crippen LogP contribution < -0.4 is 21.1 Å². The molecule has 19 heteroatoms. The molecule has 4 aliphatic rings.